The predicted octanol–water partition coefficient (Wildman–Crippen LogP) is 2.71. The topological polar surface area (TPSA) is 64.9 Å². The van der Waals surface area contributed by atoms with Crippen LogP contribution in [0.5, 0.6) is 0 Å². The minimum absolute atomic E-state index is 0.0729. The molecule has 2 N–H and O–H groups in total. The number of nitrogens with two attached hydrogens (primary N) is 1. The first-order valence-corrected chi connectivity index (χ1v) is 6.47. The Balaban J connectivity index is 1.92. The molecule has 1 aromatic heterocycles. The summed E-state index contributed by atoms with van der Waals surface area (Å²) in [6.07, 6.45) is 3.30. The molecular weight excluding hydrogens is 226 g/mol. The van der Waals surface area contributed by atoms with Crippen molar-refractivity contribution in [3.05, 3.63) is 35.7 Å². The fraction of sp³-hybridized carbons (Fsp3) is 0.429. The van der Waals surface area contributed by atoms with Gasteiger partial charge in [-0.25, -0.2) is 0 Å². The Morgan fingerprint density at radius 1 is 1.39 bits per heavy atom. The Hall–Kier alpha value is -1.68. The fourth-order valence-electron chi connectivity index (χ4n) is 2.18. The van der Waals surface area contributed by atoms with Gasteiger partial charge in [0.1, 0.15) is 0 Å². The van der Waals surface area contributed by atoms with Crippen LogP contribution in [0.3, 0.4) is 0 Å². The average molecular weight is 243 g/mol. The third-order valence-corrected chi connectivity index (χ3v) is 3.50. The molecule has 1 aromatic carbocycles. The molecule has 0 aliphatic heterocycles. The summed E-state index contributed by atoms with van der Waals surface area (Å²) in [7, 11) is 0. The summed E-state index contributed by atoms with van der Waals surface area (Å²) in [6.45, 7) is 2.12. The SMILES string of the molecule is CCc1ccccc1-c1nc(C(N)C2CC2)no1. The van der Waals surface area contributed by atoms with Gasteiger partial charge in [-0.15, -0.1) is 0 Å². The van der Waals surface area contributed by atoms with Gasteiger partial charge in [0.2, 0.25) is 0 Å². The fourth-order valence-corrected chi connectivity index (χ4v) is 2.18. The van der Waals surface area contributed by atoms with Crippen LogP contribution in [0.2, 0.25) is 0 Å². The molecule has 4 nitrogen and oxygen atoms in total. The molecule has 0 amide bonds. The van der Waals surface area contributed by atoms with E-state index in [1.807, 2.05) is 18.2 Å². The minimum atomic E-state index is -0.0729. The molecule has 1 heterocycles. The Labute approximate surface area is 106 Å². The van der Waals surface area contributed by atoms with Gasteiger partial charge in [-0.05, 0) is 36.8 Å². The summed E-state index contributed by atoms with van der Waals surface area (Å²) in [5.74, 6) is 1.76. The second-order valence-corrected chi connectivity index (χ2v) is 4.83. The van der Waals surface area contributed by atoms with Crippen molar-refractivity contribution in [1.29, 1.82) is 0 Å². The lowest BCUT2D eigenvalue weighted by molar-refractivity contribution is 0.411. The third-order valence-electron chi connectivity index (χ3n) is 3.50. The first-order valence-electron chi connectivity index (χ1n) is 6.47. The number of aromatic nitrogens is 2. The standard InChI is InChI=1S/C14H17N3O/c1-2-9-5-3-4-6-11(9)14-16-13(17-18-14)12(15)10-7-8-10/h3-6,10,12H,2,7-8,15H2,1H3. The van der Waals surface area contributed by atoms with Crippen LogP contribution >= 0.6 is 0 Å². The van der Waals surface area contributed by atoms with E-state index in [0.717, 1.165) is 12.0 Å². The molecule has 18 heavy (non-hydrogen) atoms. The predicted molar refractivity (Wildman–Crippen MR) is 68.8 cm³/mol. The van der Waals surface area contributed by atoms with Crippen LogP contribution in [0, 0.1) is 5.92 Å². The highest BCUT2D eigenvalue weighted by molar-refractivity contribution is 5.58. The zero-order valence-electron chi connectivity index (χ0n) is 10.5. The van der Waals surface area contributed by atoms with Crippen molar-refractivity contribution in [2.75, 3.05) is 0 Å². The van der Waals surface area contributed by atoms with E-state index in [0.29, 0.717) is 17.6 Å². The maximum atomic E-state index is 6.08. The molecule has 1 atom stereocenters. The molecular formula is C14H17N3O. The molecule has 4 heteroatoms. The van der Waals surface area contributed by atoms with E-state index in [1.54, 1.807) is 0 Å². The van der Waals surface area contributed by atoms with E-state index in [-0.39, 0.29) is 6.04 Å². The van der Waals surface area contributed by atoms with Crippen LogP contribution in [0.25, 0.3) is 11.5 Å². The molecule has 0 spiro atoms. The quantitative estimate of drug-likeness (QED) is 0.896. The van der Waals surface area contributed by atoms with Gasteiger partial charge in [0, 0.05) is 5.56 Å². The van der Waals surface area contributed by atoms with Crippen LogP contribution in [-0.4, -0.2) is 10.1 Å². The first-order chi connectivity index (χ1) is 8.79. The smallest absolute Gasteiger partial charge is 0.258 e. The van der Waals surface area contributed by atoms with Crippen LogP contribution in [0.1, 0.15) is 37.2 Å². The molecule has 0 bridgehead atoms. The van der Waals surface area contributed by atoms with Crippen molar-refractivity contribution >= 4 is 0 Å². The van der Waals surface area contributed by atoms with Crippen LogP contribution in [0.4, 0.5) is 0 Å². The van der Waals surface area contributed by atoms with E-state index in [9.17, 15) is 0 Å². The highest BCUT2D eigenvalue weighted by Crippen LogP contribution is 2.38. The molecule has 3 rings (SSSR count). The van der Waals surface area contributed by atoms with Crippen molar-refractivity contribution in [2.24, 2.45) is 11.7 Å². The largest absolute Gasteiger partial charge is 0.334 e. The molecule has 1 aliphatic carbocycles. The van der Waals surface area contributed by atoms with Gasteiger partial charge < -0.3 is 10.3 Å². The number of rotatable bonds is 4. The maximum absolute atomic E-state index is 6.08. The second kappa shape index (κ2) is 4.53. The molecule has 0 radical (unpaired) electrons. The lowest BCUT2D eigenvalue weighted by atomic mass is 10.1. The van der Waals surface area contributed by atoms with Crippen molar-refractivity contribution in [3.63, 3.8) is 0 Å². The molecule has 1 fully saturated rings. The van der Waals surface area contributed by atoms with E-state index in [2.05, 4.69) is 23.1 Å². The highest BCUT2D eigenvalue weighted by Gasteiger charge is 2.32. The lowest BCUT2D eigenvalue weighted by Crippen LogP contribution is -2.13. The zero-order valence-corrected chi connectivity index (χ0v) is 10.5. The monoisotopic (exact) mass is 243 g/mol. The van der Waals surface area contributed by atoms with E-state index >= 15 is 0 Å². The number of nitrogens with zero attached hydrogens (tertiary/aromatic N) is 2. The van der Waals surface area contributed by atoms with Crippen molar-refractivity contribution in [1.82, 2.24) is 10.1 Å². The second-order valence-electron chi connectivity index (χ2n) is 4.83. The van der Waals surface area contributed by atoms with Crippen LogP contribution in [0.15, 0.2) is 28.8 Å². The van der Waals surface area contributed by atoms with Gasteiger partial charge in [0.05, 0.1) is 6.04 Å². The summed E-state index contributed by atoms with van der Waals surface area (Å²) in [6, 6.07) is 8.03. The number of hydrogen-bond acceptors (Lipinski definition) is 4. The summed E-state index contributed by atoms with van der Waals surface area (Å²) in [5.41, 5.74) is 8.31. The van der Waals surface area contributed by atoms with Gasteiger partial charge in [0.15, 0.2) is 5.82 Å². The Morgan fingerprint density at radius 3 is 2.89 bits per heavy atom. The molecule has 94 valence electrons. The third kappa shape index (κ3) is 2.04. The van der Waals surface area contributed by atoms with Crippen LogP contribution < -0.4 is 5.73 Å². The summed E-state index contributed by atoms with van der Waals surface area (Å²) in [4.78, 5) is 4.45. The van der Waals surface area contributed by atoms with Gasteiger partial charge >= 0.3 is 0 Å². The normalized spacial score (nSPS) is 16.8. The molecule has 1 unspecified atom stereocenters. The Morgan fingerprint density at radius 2 is 2.17 bits per heavy atom. The molecule has 0 saturated heterocycles. The molecule has 1 saturated carbocycles. The van der Waals surface area contributed by atoms with E-state index in [1.165, 1.54) is 18.4 Å². The maximum Gasteiger partial charge on any atom is 0.258 e. The van der Waals surface area contributed by atoms with Gasteiger partial charge in [0.25, 0.3) is 5.89 Å². The van der Waals surface area contributed by atoms with E-state index in [4.69, 9.17) is 10.3 Å². The summed E-state index contributed by atoms with van der Waals surface area (Å²) < 4.78 is 5.35. The van der Waals surface area contributed by atoms with Gasteiger partial charge in [-0.3, -0.25) is 0 Å². The number of hydrogen-bond donors (Lipinski definition) is 1. The minimum Gasteiger partial charge on any atom is -0.334 e. The van der Waals surface area contributed by atoms with E-state index < -0.39 is 0 Å². The van der Waals surface area contributed by atoms with Crippen LogP contribution in [-0.2, 0) is 6.42 Å². The van der Waals surface area contributed by atoms with Gasteiger partial charge in [-0.1, -0.05) is 30.3 Å². The van der Waals surface area contributed by atoms with Crippen molar-refractivity contribution < 1.29 is 4.52 Å². The highest BCUT2D eigenvalue weighted by atomic mass is 16.5. The number of aryl methyl sites for hydroxylation is 1. The van der Waals surface area contributed by atoms with Crippen molar-refractivity contribution in [3.8, 4) is 11.5 Å². The van der Waals surface area contributed by atoms with Gasteiger partial charge in [-0.2, -0.15) is 4.98 Å². The average Bonchev–Trinajstić information content (AvgIpc) is 3.15. The Kier molecular flexibility index (Phi) is 2.88. The molecule has 2 aromatic rings. The number of benzene rings is 1. The Bertz CT molecular complexity index is 545. The lowest BCUT2D eigenvalue weighted by Gasteiger charge is -2.03. The molecule has 1 aliphatic rings. The zero-order chi connectivity index (χ0) is 12.5. The summed E-state index contributed by atoms with van der Waals surface area (Å²) >= 11 is 0. The first kappa shape index (κ1) is 11.4. The van der Waals surface area contributed by atoms with Crippen molar-refractivity contribution in [2.45, 2.75) is 32.2 Å². The summed E-state index contributed by atoms with van der Waals surface area (Å²) in [5, 5.41) is 4.02.